The van der Waals surface area contributed by atoms with Crippen molar-refractivity contribution >= 4 is 39.9 Å². The average molecular weight is 591 g/mol. The Hall–Kier alpha value is -4.15. The van der Waals surface area contributed by atoms with Gasteiger partial charge in [-0.25, -0.2) is 4.79 Å². The number of rotatable bonds is 10. The van der Waals surface area contributed by atoms with Crippen molar-refractivity contribution in [2.75, 3.05) is 57.2 Å². The van der Waals surface area contributed by atoms with E-state index in [1.165, 1.54) is 7.11 Å². The van der Waals surface area contributed by atoms with Crippen molar-refractivity contribution in [1.82, 2.24) is 10.2 Å². The van der Waals surface area contributed by atoms with Crippen LogP contribution >= 0.6 is 0 Å². The van der Waals surface area contributed by atoms with Crippen LogP contribution in [0.25, 0.3) is 10.8 Å². The molecule has 1 heterocycles. The molecule has 4 rings (SSSR count). The molecule has 1 saturated heterocycles. The highest BCUT2D eigenvalue weighted by atomic mass is 16.5. The Morgan fingerprint density at radius 3 is 2.23 bits per heavy atom. The number of ketones is 1. The van der Waals surface area contributed by atoms with E-state index in [2.05, 4.69) is 20.9 Å². The van der Waals surface area contributed by atoms with Gasteiger partial charge in [0.1, 0.15) is 12.4 Å². The largest absolute Gasteiger partial charge is 0.492 e. The summed E-state index contributed by atoms with van der Waals surface area (Å²) in [5.74, 6) is -0.642. The van der Waals surface area contributed by atoms with Gasteiger partial charge in [-0.1, -0.05) is 45.0 Å². The first-order valence-corrected chi connectivity index (χ1v) is 14.6. The number of amides is 3. The molecule has 230 valence electrons. The van der Waals surface area contributed by atoms with E-state index in [1.807, 2.05) is 58.9 Å². The SMILES string of the molecule is COc1c(NC(=O)NC(C)C)cc(C(C)(C)C)cc1NC(=O)C(=O)c1ccc(OCCN2CCOCC2)c2ccccc12. The van der Waals surface area contributed by atoms with E-state index < -0.39 is 17.7 Å². The molecule has 3 amide bonds. The molecule has 0 atom stereocenters. The topological polar surface area (TPSA) is 118 Å². The van der Waals surface area contributed by atoms with Gasteiger partial charge in [0, 0.05) is 36.6 Å². The predicted molar refractivity (Wildman–Crippen MR) is 169 cm³/mol. The van der Waals surface area contributed by atoms with E-state index in [0.29, 0.717) is 23.4 Å². The van der Waals surface area contributed by atoms with Crippen LogP contribution in [0.3, 0.4) is 0 Å². The van der Waals surface area contributed by atoms with Crippen LogP contribution in [0.2, 0.25) is 0 Å². The lowest BCUT2D eigenvalue weighted by Gasteiger charge is -2.26. The van der Waals surface area contributed by atoms with Gasteiger partial charge in [0.05, 0.1) is 31.7 Å². The second kappa shape index (κ2) is 13.9. The monoisotopic (exact) mass is 590 g/mol. The van der Waals surface area contributed by atoms with Gasteiger partial charge in [-0.05, 0) is 54.5 Å². The smallest absolute Gasteiger partial charge is 0.319 e. The van der Waals surface area contributed by atoms with Crippen LogP contribution in [0, 0.1) is 0 Å². The Bertz CT molecular complexity index is 1470. The van der Waals surface area contributed by atoms with Gasteiger partial charge < -0.3 is 30.2 Å². The maximum atomic E-state index is 13.6. The molecule has 1 aliphatic rings. The van der Waals surface area contributed by atoms with Crippen LogP contribution in [-0.2, 0) is 14.9 Å². The Labute approximate surface area is 253 Å². The lowest BCUT2D eigenvalue weighted by atomic mass is 9.86. The zero-order valence-corrected chi connectivity index (χ0v) is 25.8. The fourth-order valence-electron chi connectivity index (χ4n) is 4.89. The number of urea groups is 1. The fraction of sp³-hybridized carbons (Fsp3) is 0.424. The van der Waals surface area contributed by atoms with Crippen molar-refractivity contribution in [2.24, 2.45) is 0 Å². The number of ether oxygens (including phenoxy) is 3. The zero-order valence-electron chi connectivity index (χ0n) is 25.8. The van der Waals surface area contributed by atoms with E-state index in [-0.39, 0.29) is 28.5 Å². The predicted octanol–water partition coefficient (Wildman–Crippen LogP) is 5.21. The molecule has 10 nitrogen and oxygen atoms in total. The molecule has 0 aromatic heterocycles. The number of nitrogens with one attached hydrogen (secondary N) is 3. The van der Waals surface area contributed by atoms with Crippen LogP contribution in [-0.4, -0.2) is 75.2 Å². The quantitative estimate of drug-likeness (QED) is 0.219. The number of anilines is 2. The van der Waals surface area contributed by atoms with E-state index in [0.717, 1.165) is 43.8 Å². The summed E-state index contributed by atoms with van der Waals surface area (Å²) in [7, 11) is 1.44. The molecule has 0 aliphatic carbocycles. The van der Waals surface area contributed by atoms with Crippen molar-refractivity contribution in [3.63, 3.8) is 0 Å². The third-order valence-electron chi connectivity index (χ3n) is 7.18. The summed E-state index contributed by atoms with van der Waals surface area (Å²) in [6, 6.07) is 13.8. The zero-order chi connectivity index (χ0) is 31.1. The first kappa shape index (κ1) is 31.8. The highest BCUT2D eigenvalue weighted by Crippen LogP contribution is 2.39. The van der Waals surface area contributed by atoms with Gasteiger partial charge in [-0.2, -0.15) is 0 Å². The van der Waals surface area contributed by atoms with Crippen LogP contribution < -0.4 is 25.4 Å². The molecular formula is C33H42N4O6. The number of Topliss-reactive ketones (excluding diaryl/α,β-unsaturated/α-hetero) is 1. The molecule has 3 aromatic rings. The summed E-state index contributed by atoms with van der Waals surface area (Å²) in [5, 5.41) is 9.71. The summed E-state index contributed by atoms with van der Waals surface area (Å²) in [6.45, 7) is 14.2. The van der Waals surface area contributed by atoms with Gasteiger partial charge in [0.15, 0.2) is 5.75 Å². The molecule has 1 aliphatic heterocycles. The minimum Gasteiger partial charge on any atom is -0.492 e. The summed E-state index contributed by atoms with van der Waals surface area (Å²) in [4.78, 5) is 41.8. The average Bonchev–Trinajstić information content (AvgIpc) is 2.96. The van der Waals surface area contributed by atoms with E-state index in [1.54, 1.807) is 24.3 Å². The summed E-state index contributed by atoms with van der Waals surface area (Å²) >= 11 is 0. The Morgan fingerprint density at radius 2 is 1.60 bits per heavy atom. The van der Waals surface area contributed by atoms with Crippen LogP contribution in [0.4, 0.5) is 16.2 Å². The van der Waals surface area contributed by atoms with Crippen molar-refractivity contribution in [1.29, 1.82) is 0 Å². The van der Waals surface area contributed by atoms with Gasteiger partial charge in [0.2, 0.25) is 0 Å². The summed E-state index contributed by atoms with van der Waals surface area (Å²) in [5.41, 5.74) is 1.42. The molecule has 0 saturated carbocycles. The van der Waals surface area contributed by atoms with E-state index >= 15 is 0 Å². The first-order valence-electron chi connectivity index (χ1n) is 14.6. The van der Waals surface area contributed by atoms with E-state index in [9.17, 15) is 14.4 Å². The molecule has 0 spiro atoms. The number of hydrogen-bond donors (Lipinski definition) is 3. The maximum absolute atomic E-state index is 13.6. The number of benzene rings is 3. The van der Waals surface area contributed by atoms with Crippen LogP contribution in [0.15, 0.2) is 48.5 Å². The maximum Gasteiger partial charge on any atom is 0.319 e. The molecule has 10 heteroatoms. The second-order valence-corrected chi connectivity index (χ2v) is 11.9. The Morgan fingerprint density at radius 1 is 0.953 bits per heavy atom. The molecule has 1 fully saturated rings. The standard InChI is InChI=1S/C33H42N4O6/c1-21(2)34-32(40)36-27-20-22(33(3,4)5)19-26(30(27)41-6)35-31(39)29(38)25-11-12-28(24-10-8-7-9-23(24)25)43-18-15-37-13-16-42-17-14-37/h7-12,19-21H,13-18H2,1-6H3,(H,35,39)(H2,34,36,40). The van der Waals surface area contributed by atoms with Crippen molar-refractivity contribution in [2.45, 2.75) is 46.1 Å². The lowest BCUT2D eigenvalue weighted by molar-refractivity contribution is -0.112. The highest BCUT2D eigenvalue weighted by Gasteiger charge is 2.25. The minimum atomic E-state index is -0.826. The molecule has 3 aromatic carbocycles. The van der Waals surface area contributed by atoms with E-state index in [4.69, 9.17) is 14.2 Å². The lowest BCUT2D eigenvalue weighted by Crippen LogP contribution is -2.38. The number of carbonyl (C=O) groups excluding carboxylic acids is 3. The third-order valence-corrected chi connectivity index (χ3v) is 7.18. The molecular weight excluding hydrogens is 548 g/mol. The minimum absolute atomic E-state index is 0.0787. The molecule has 0 radical (unpaired) electrons. The number of methoxy groups -OCH3 is 1. The van der Waals surface area contributed by atoms with Crippen molar-refractivity contribution < 1.29 is 28.6 Å². The highest BCUT2D eigenvalue weighted by molar-refractivity contribution is 6.48. The van der Waals surface area contributed by atoms with Gasteiger partial charge in [-0.3, -0.25) is 14.5 Å². The van der Waals surface area contributed by atoms with Gasteiger partial charge >= 0.3 is 6.03 Å². The number of nitrogens with zero attached hydrogens (tertiary/aromatic N) is 1. The second-order valence-electron chi connectivity index (χ2n) is 11.9. The summed E-state index contributed by atoms with van der Waals surface area (Å²) < 4.78 is 17.1. The van der Waals surface area contributed by atoms with Gasteiger partial charge in [-0.15, -0.1) is 0 Å². The van der Waals surface area contributed by atoms with Crippen LogP contribution in [0.1, 0.15) is 50.5 Å². The molecule has 43 heavy (non-hydrogen) atoms. The number of carbonyl (C=O) groups is 3. The number of fused-ring (bicyclic) bond motifs is 1. The molecule has 3 N–H and O–H groups in total. The first-order chi connectivity index (χ1) is 20.5. The Balaban J connectivity index is 1.59. The summed E-state index contributed by atoms with van der Waals surface area (Å²) in [6.07, 6.45) is 0. The van der Waals surface area contributed by atoms with Crippen LogP contribution in [0.5, 0.6) is 11.5 Å². The normalized spacial score (nSPS) is 13.9. The van der Waals surface area contributed by atoms with Crippen molar-refractivity contribution in [3.05, 3.63) is 59.7 Å². The van der Waals surface area contributed by atoms with Gasteiger partial charge in [0.25, 0.3) is 11.7 Å². The number of morpholine rings is 1. The number of hydrogen-bond acceptors (Lipinski definition) is 7. The third kappa shape index (κ3) is 8.03. The Kier molecular flexibility index (Phi) is 10.3. The molecule has 0 bridgehead atoms. The van der Waals surface area contributed by atoms with Crippen molar-refractivity contribution in [3.8, 4) is 11.5 Å². The molecule has 0 unspecified atom stereocenters. The fourth-order valence-corrected chi connectivity index (χ4v) is 4.89.